The average molecular weight is 235 g/mol. The SMILES string of the molecule is C1CCC(NC2CCC3(CCCC3)CC2)CC1. The molecule has 3 saturated carbocycles. The maximum absolute atomic E-state index is 3.96. The highest BCUT2D eigenvalue weighted by Crippen LogP contribution is 2.48. The Morgan fingerprint density at radius 2 is 1.18 bits per heavy atom. The molecular weight excluding hydrogens is 206 g/mol. The summed E-state index contributed by atoms with van der Waals surface area (Å²) < 4.78 is 0. The maximum Gasteiger partial charge on any atom is 0.00700 e. The molecule has 1 N–H and O–H groups in total. The Balaban J connectivity index is 1.44. The van der Waals surface area contributed by atoms with Gasteiger partial charge in [-0.15, -0.1) is 0 Å². The van der Waals surface area contributed by atoms with Gasteiger partial charge in [-0.2, -0.15) is 0 Å². The van der Waals surface area contributed by atoms with Gasteiger partial charge in [0.1, 0.15) is 0 Å². The van der Waals surface area contributed by atoms with E-state index in [9.17, 15) is 0 Å². The van der Waals surface area contributed by atoms with Crippen LogP contribution in [-0.2, 0) is 0 Å². The first-order valence-electron chi connectivity index (χ1n) is 8.12. The fourth-order valence-electron chi connectivity index (χ4n) is 4.62. The van der Waals surface area contributed by atoms with Crippen LogP contribution in [0.3, 0.4) is 0 Å². The van der Waals surface area contributed by atoms with Crippen LogP contribution in [0.4, 0.5) is 0 Å². The van der Waals surface area contributed by atoms with Crippen molar-refractivity contribution in [2.75, 3.05) is 0 Å². The Morgan fingerprint density at radius 3 is 1.82 bits per heavy atom. The Bertz CT molecular complexity index is 226. The first-order valence-corrected chi connectivity index (χ1v) is 8.12. The van der Waals surface area contributed by atoms with Crippen LogP contribution in [0, 0.1) is 5.41 Å². The van der Waals surface area contributed by atoms with E-state index in [-0.39, 0.29) is 0 Å². The van der Waals surface area contributed by atoms with E-state index in [2.05, 4.69) is 5.32 Å². The third kappa shape index (κ3) is 2.86. The van der Waals surface area contributed by atoms with Crippen LogP contribution < -0.4 is 5.32 Å². The lowest BCUT2D eigenvalue weighted by atomic mass is 9.71. The van der Waals surface area contributed by atoms with Gasteiger partial charge >= 0.3 is 0 Å². The van der Waals surface area contributed by atoms with Crippen molar-refractivity contribution in [1.82, 2.24) is 5.32 Å². The van der Waals surface area contributed by atoms with Gasteiger partial charge in [0.05, 0.1) is 0 Å². The average Bonchev–Trinajstić information content (AvgIpc) is 2.83. The summed E-state index contributed by atoms with van der Waals surface area (Å²) >= 11 is 0. The van der Waals surface area contributed by atoms with Crippen LogP contribution in [0.2, 0.25) is 0 Å². The minimum absolute atomic E-state index is 0.810. The Hall–Kier alpha value is -0.0400. The largest absolute Gasteiger partial charge is 0.311 e. The molecule has 17 heavy (non-hydrogen) atoms. The van der Waals surface area contributed by atoms with E-state index in [0.29, 0.717) is 0 Å². The van der Waals surface area contributed by atoms with E-state index in [1.807, 2.05) is 0 Å². The monoisotopic (exact) mass is 235 g/mol. The molecule has 98 valence electrons. The molecule has 3 fully saturated rings. The number of rotatable bonds is 2. The third-order valence-corrected chi connectivity index (χ3v) is 5.79. The van der Waals surface area contributed by atoms with Crippen LogP contribution in [0.15, 0.2) is 0 Å². The highest BCUT2D eigenvalue weighted by Gasteiger charge is 2.37. The van der Waals surface area contributed by atoms with Gasteiger partial charge in [-0.1, -0.05) is 32.1 Å². The number of hydrogen-bond donors (Lipinski definition) is 1. The molecule has 3 rings (SSSR count). The van der Waals surface area contributed by atoms with Crippen molar-refractivity contribution in [2.24, 2.45) is 5.41 Å². The summed E-state index contributed by atoms with van der Waals surface area (Å²) in [5.41, 5.74) is 0.810. The molecule has 3 aliphatic rings. The number of hydrogen-bond acceptors (Lipinski definition) is 1. The molecule has 1 spiro atoms. The molecule has 0 saturated heterocycles. The molecule has 0 aliphatic heterocycles. The van der Waals surface area contributed by atoms with Crippen molar-refractivity contribution in [3.63, 3.8) is 0 Å². The minimum Gasteiger partial charge on any atom is -0.311 e. The standard InChI is InChI=1S/C16H29N/c1-2-6-14(7-3-1)17-15-8-12-16(13-9-15)10-4-5-11-16/h14-15,17H,1-13H2. The molecule has 0 aromatic heterocycles. The van der Waals surface area contributed by atoms with Gasteiger partial charge in [0.25, 0.3) is 0 Å². The van der Waals surface area contributed by atoms with E-state index in [1.54, 1.807) is 12.8 Å². The molecule has 0 bridgehead atoms. The predicted octanol–water partition coefficient (Wildman–Crippen LogP) is 4.41. The van der Waals surface area contributed by atoms with Crippen LogP contribution in [0.1, 0.15) is 83.5 Å². The van der Waals surface area contributed by atoms with Gasteiger partial charge in [-0.05, 0) is 56.8 Å². The van der Waals surface area contributed by atoms with Crippen LogP contribution in [0.25, 0.3) is 0 Å². The third-order valence-electron chi connectivity index (χ3n) is 5.79. The maximum atomic E-state index is 3.96. The van der Waals surface area contributed by atoms with Gasteiger partial charge in [-0.3, -0.25) is 0 Å². The second-order valence-electron chi connectivity index (χ2n) is 6.98. The van der Waals surface area contributed by atoms with Crippen molar-refractivity contribution < 1.29 is 0 Å². The van der Waals surface area contributed by atoms with Gasteiger partial charge in [0, 0.05) is 12.1 Å². The molecule has 0 unspecified atom stereocenters. The molecule has 0 amide bonds. The summed E-state index contributed by atoms with van der Waals surface area (Å²) in [7, 11) is 0. The highest BCUT2D eigenvalue weighted by molar-refractivity contribution is 4.92. The van der Waals surface area contributed by atoms with E-state index < -0.39 is 0 Å². The molecule has 0 atom stereocenters. The molecule has 1 heteroatoms. The van der Waals surface area contributed by atoms with E-state index in [1.165, 1.54) is 70.6 Å². The van der Waals surface area contributed by atoms with Crippen LogP contribution in [0.5, 0.6) is 0 Å². The smallest absolute Gasteiger partial charge is 0.00700 e. The summed E-state index contributed by atoms with van der Waals surface area (Å²) in [6, 6.07) is 1.73. The summed E-state index contributed by atoms with van der Waals surface area (Å²) in [6.07, 6.45) is 19.4. The molecule has 1 nitrogen and oxygen atoms in total. The lowest BCUT2D eigenvalue weighted by Crippen LogP contribution is -2.43. The van der Waals surface area contributed by atoms with Crippen LogP contribution in [-0.4, -0.2) is 12.1 Å². The fourth-order valence-corrected chi connectivity index (χ4v) is 4.62. The van der Waals surface area contributed by atoms with Crippen molar-refractivity contribution in [2.45, 2.75) is 95.6 Å². The van der Waals surface area contributed by atoms with Crippen molar-refractivity contribution in [3.05, 3.63) is 0 Å². The minimum atomic E-state index is 0.810. The zero-order chi connectivity index (χ0) is 11.6. The summed E-state index contributed by atoms with van der Waals surface area (Å²) in [5.74, 6) is 0. The number of nitrogens with one attached hydrogen (secondary N) is 1. The molecule has 0 aromatic rings. The Labute approximate surface area is 107 Å². The van der Waals surface area contributed by atoms with E-state index in [4.69, 9.17) is 0 Å². The second-order valence-corrected chi connectivity index (χ2v) is 6.98. The van der Waals surface area contributed by atoms with E-state index >= 15 is 0 Å². The first-order chi connectivity index (χ1) is 8.36. The lowest BCUT2D eigenvalue weighted by Gasteiger charge is -2.39. The summed E-state index contributed by atoms with van der Waals surface area (Å²) in [6.45, 7) is 0. The quantitative estimate of drug-likeness (QED) is 0.747. The van der Waals surface area contributed by atoms with Crippen LogP contribution >= 0.6 is 0 Å². The van der Waals surface area contributed by atoms with Gasteiger partial charge in [-0.25, -0.2) is 0 Å². The molecule has 0 radical (unpaired) electrons. The molecular formula is C16H29N. The summed E-state index contributed by atoms with van der Waals surface area (Å²) in [5, 5.41) is 3.96. The molecule has 3 aliphatic carbocycles. The Morgan fingerprint density at radius 1 is 0.588 bits per heavy atom. The zero-order valence-electron chi connectivity index (χ0n) is 11.3. The summed E-state index contributed by atoms with van der Waals surface area (Å²) in [4.78, 5) is 0. The lowest BCUT2D eigenvalue weighted by molar-refractivity contribution is 0.158. The second kappa shape index (κ2) is 5.30. The zero-order valence-corrected chi connectivity index (χ0v) is 11.3. The van der Waals surface area contributed by atoms with Gasteiger partial charge in [0.2, 0.25) is 0 Å². The molecule has 0 heterocycles. The van der Waals surface area contributed by atoms with Crippen molar-refractivity contribution in [3.8, 4) is 0 Å². The fraction of sp³-hybridized carbons (Fsp3) is 1.00. The van der Waals surface area contributed by atoms with Crippen molar-refractivity contribution in [1.29, 1.82) is 0 Å². The predicted molar refractivity (Wildman–Crippen MR) is 73.2 cm³/mol. The first kappa shape index (κ1) is 12.0. The topological polar surface area (TPSA) is 12.0 Å². The van der Waals surface area contributed by atoms with Gasteiger partial charge < -0.3 is 5.32 Å². The van der Waals surface area contributed by atoms with Gasteiger partial charge in [0.15, 0.2) is 0 Å². The molecule has 0 aromatic carbocycles. The Kier molecular flexibility index (Phi) is 3.75. The normalized spacial score (nSPS) is 31.1. The van der Waals surface area contributed by atoms with Crippen molar-refractivity contribution >= 4 is 0 Å². The highest BCUT2D eigenvalue weighted by atomic mass is 15.0. The van der Waals surface area contributed by atoms with E-state index in [0.717, 1.165) is 17.5 Å².